The Morgan fingerprint density at radius 2 is 1.82 bits per heavy atom. The summed E-state index contributed by atoms with van der Waals surface area (Å²) in [4.78, 5) is 19.6. The molecule has 1 saturated heterocycles. The molecule has 1 atom stereocenters. The van der Waals surface area contributed by atoms with E-state index in [1.807, 2.05) is 25.3 Å². The number of nitrogens with one attached hydrogen (secondary N) is 1. The van der Waals surface area contributed by atoms with Gasteiger partial charge in [-0.3, -0.25) is 14.9 Å². The van der Waals surface area contributed by atoms with Crippen molar-refractivity contribution in [2.75, 3.05) is 49.6 Å². The minimum atomic E-state index is 0.101. The lowest BCUT2D eigenvalue weighted by Crippen LogP contribution is -2.45. The summed E-state index contributed by atoms with van der Waals surface area (Å²) in [5, 5.41) is 3.71. The van der Waals surface area contributed by atoms with E-state index in [2.05, 4.69) is 81.6 Å². The summed E-state index contributed by atoms with van der Waals surface area (Å²) in [6, 6.07) is 21.4. The van der Waals surface area contributed by atoms with Crippen molar-refractivity contribution in [3.05, 3.63) is 89.9 Å². The fourth-order valence-electron chi connectivity index (χ4n) is 5.33. The zero-order valence-corrected chi connectivity index (χ0v) is 22.1. The standard InChI is InChI=1S/C31H34N6O/c1-22-9-11-24(12-10-22)37-30-8-4-3-6-26(30)35-29-20-28(34-25-7-5-13-32-23(25)2)27(21-31(29)37)33-14-15-36-16-18-38-19-17-36/h3-13,20,31,35H,14-19,21H2,1-2H3. The lowest BCUT2D eigenvalue weighted by atomic mass is 9.90. The fourth-order valence-corrected chi connectivity index (χ4v) is 5.33. The van der Waals surface area contributed by atoms with Crippen molar-refractivity contribution in [3.63, 3.8) is 0 Å². The Morgan fingerprint density at radius 3 is 2.63 bits per heavy atom. The molecule has 3 aliphatic rings. The van der Waals surface area contributed by atoms with E-state index in [9.17, 15) is 0 Å². The lowest BCUT2D eigenvalue weighted by molar-refractivity contribution is 0.0394. The maximum atomic E-state index is 5.52. The molecule has 1 fully saturated rings. The van der Waals surface area contributed by atoms with Gasteiger partial charge in [-0.25, -0.2) is 4.99 Å². The van der Waals surface area contributed by atoms with Crippen LogP contribution in [0.3, 0.4) is 0 Å². The number of aromatic nitrogens is 1. The molecule has 1 unspecified atom stereocenters. The Bertz CT molecular complexity index is 1390. The first-order chi connectivity index (χ1) is 18.7. The summed E-state index contributed by atoms with van der Waals surface area (Å²) in [6.45, 7) is 9.33. The van der Waals surface area contributed by atoms with Crippen molar-refractivity contribution in [3.8, 4) is 0 Å². The molecule has 0 saturated carbocycles. The van der Waals surface area contributed by atoms with E-state index in [0.717, 1.165) is 80.0 Å². The van der Waals surface area contributed by atoms with E-state index < -0.39 is 0 Å². The monoisotopic (exact) mass is 506 g/mol. The summed E-state index contributed by atoms with van der Waals surface area (Å²) in [7, 11) is 0. The molecule has 3 heterocycles. The van der Waals surface area contributed by atoms with Crippen LogP contribution < -0.4 is 10.2 Å². The van der Waals surface area contributed by atoms with Crippen molar-refractivity contribution in [2.45, 2.75) is 26.3 Å². The summed E-state index contributed by atoms with van der Waals surface area (Å²) in [5.41, 5.74) is 9.58. The number of rotatable bonds is 5. The third-order valence-electron chi connectivity index (χ3n) is 7.44. The molecule has 194 valence electrons. The smallest absolute Gasteiger partial charge is 0.0867 e. The molecule has 3 aromatic rings. The van der Waals surface area contributed by atoms with E-state index in [1.54, 1.807) is 0 Å². The first kappa shape index (κ1) is 24.5. The van der Waals surface area contributed by atoms with Crippen LogP contribution in [-0.4, -0.2) is 66.7 Å². The molecular formula is C31H34N6O. The van der Waals surface area contributed by atoms with Crippen molar-refractivity contribution < 1.29 is 4.74 Å². The highest BCUT2D eigenvalue weighted by Gasteiger charge is 2.36. The van der Waals surface area contributed by atoms with Crippen molar-refractivity contribution in [2.24, 2.45) is 9.98 Å². The van der Waals surface area contributed by atoms with E-state index in [1.165, 1.54) is 16.9 Å². The summed E-state index contributed by atoms with van der Waals surface area (Å²) in [5.74, 6) is 0. The number of fused-ring (bicyclic) bond motifs is 2. The third-order valence-corrected chi connectivity index (χ3v) is 7.44. The predicted octanol–water partition coefficient (Wildman–Crippen LogP) is 5.46. The van der Waals surface area contributed by atoms with Crippen LogP contribution in [0.4, 0.5) is 22.7 Å². The minimum absolute atomic E-state index is 0.101. The van der Waals surface area contributed by atoms with Gasteiger partial charge in [-0.15, -0.1) is 0 Å². The number of hydrogen-bond donors (Lipinski definition) is 1. The number of pyridine rings is 1. The second-order valence-corrected chi connectivity index (χ2v) is 10.1. The van der Waals surface area contributed by atoms with Crippen LogP contribution in [0.1, 0.15) is 17.7 Å². The summed E-state index contributed by atoms with van der Waals surface area (Å²) >= 11 is 0. The molecular weight excluding hydrogens is 472 g/mol. The summed E-state index contributed by atoms with van der Waals surface area (Å²) < 4.78 is 5.52. The van der Waals surface area contributed by atoms with Gasteiger partial charge >= 0.3 is 0 Å². The van der Waals surface area contributed by atoms with Crippen molar-refractivity contribution in [1.29, 1.82) is 0 Å². The van der Waals surface area contributed by atoms with Crippen LogP contribution >= 0.6 is 0 Å². The molecule has 1 N–H and O–H groups in total. The Kier molecular flexibility index (Phi) is 7.03. The highest BCUT2D eigenvalue weighted by Crippen LogP contribution is 2.43. The van der Waals surface area contributed by atoms with E-state index in [-0.39, 0.29) is 6.04 Å². The maximum Gasteiger partial charge on any atom is 0.0867 e. The molecule has 7 nitrogen and oxygen atoms in total. The number of anilines is 3. The molecule has 2 aliphatic heterocycles. The zero-order chi connectivity index (χ0) is 25.9. The van der Waals surface area contributed by atoms with Crippen LogP contribution in [0.15, 0.2) is 88.6 Å². The van der Waals surface area contributed by atoms with Crippen molar-refractivity contribution >= 4 is 34.2 Å². The molecule has 7 heteroatoms. The largest absolute Gasteiger partial charge is 0.379 e. The normalized spacial score (nSPS) is 21.6. The second-order valence-electron chi connectivity index (χ2n) is 10.1. The minimum Gasteiger partial charge on any atom is -0.379 e. The van der Waals surface area contributed by atoms with Gasteiger partial charge in [0.05, 0.1) is 60.0 Å². The van der Waals surface area contributed by atoms with Gasteiger partial charge in [-0.05, 0) is 56.3 Å². The molecule has 38 heavy (non-hydrogen) atoms. The molecule has 0 bridgehead atoms. The highest BCUT2D eigenvalue weighted by molar-refractivity contribution is 6.48. The van der Waals surface area contributed by atoms with Crippen LogP contribution in [0.2, 0.25) is 0 Å². The van der Waals surface area contributed by atoms with Crippen LogP contribution in [-0.2, 0) is 4.74 Å². The molecule has 2 aromatic carbocycles. The molecule has 0 amide bonds. The van der Waals surface area contributed by atoms with Gasteiger partial charge in [-0.1, -0.05) is 29.8 Å². The van der Waals surface area contributed by atoms with Gasteiger partial charge in [0.2, 0.25) is 0 Å². The van der Waals surface area contributed by atoms with Gasteiger partial charge in [0.15, 0.2) is 0 Å². The predicted molar refractivity (Wildman–Crippen MR) is 156 cm³/mol. The summed E-state index contributed by atoms with van der Waals surface area (Å²) in [6.07, 6.45) is 4.76. The van der Waals surface area contributed by atoms with Gasteiger partial charge in [0.25, 0.3) is 0 Å². The Balaban J connectivity index is 1.40. The highest BCUT2D eigenvalue weighted by atomic mass is 16.5. The number of para-hydroxylation sites is 2. The third kappa shape index (κ3) is 5.12. The van der Waals surface area contributed by atoms with Crippen LogP contribution in [0.25, 0.3) is 0 Å². The number of benzene rings is 2. The quantitative estimate of drug-likeness (QED) is 0.498. The van der Waals surface area contributed by atoms with E-state index in [4.69, 9.17) is 14.7 Å². The topological polar surface area (TPSA) is 65.3 Å². The number of nitrogens with zero attached hydrogens (tertiary/aromatic N) is 5. The number of morpholine rings is 1. The van der Waals surface area contributed by atoms with Gasteiger partial charge in [0, 0.05) is 43.6 Å². The van der Waals surface area contributed by atoms with E-state index in [0.29, 0.717) is 0 Å². The SMILES string of the molecule is Cc1ccc(N2c3ccccc3NC3=CC(=Nc4cccnc4C)C(=NCCN4CCOCC4)CC32)cc1. The molecule has 6 rings (SSSR count). The average molecular weight is 507 g/mol. The maximum absolute atomic E-state index is 5.52. The fraction of sp³-hybridized carbons (Fsp3) is 0.323. The number of aryl methyl sites for hydroxylation is 2. The number of allylic oxidation sites excluding steroid dienone is 1. The Labute approximate surface area is 224 Å². The average Bonchev–Trinajstić information content (AvgIpc) is 2.94. The van der Waals surface area contributed by atoms with Crippen molar-refractivity contribution in [1.82, 2.24) is 9.88 Å². The van der Waals surface area contributed by atoms with Gasteiger partial charge in [-0.2, -0.15) is 0 Å². The molecule has 0 spiro atoms. The first-order valence-electron chi connectivity index (χ1n) is 13.4. The number of aliphatic imine (C=N–C) groups is 2. The molecule has 1 aliphatic carbocycles. The second kappa shape index (κ2) is 10.9. The van der Waals surface area contributed by atoms with Crippen LogP contribution in [0, 0.1) is 13.8 Å². The van der Waals surface area contributed by atoms with E-state index >= 15 is 0 Å². The Morgan fingerprint density at radius 1 is 1.00 bits per heavy atom. The zero-order valence-electron chi connectivity index (χ0n) is 22.1. The van der Waals surface area contributed by atoms with Gasteiger partial charge < -0.3 is 15.0 Å². The number of hydrogen-bond acceptors (Lipinski definition) is 7. The first-order valence-corrected chi connectivity index (χ1v) is 13.4. The van der Waals surface area contributed by atoms with Gasteiger partial charge in [0.1, 0.15) is 0 Å². The van der Waals surface area contributed by atoms with Crippen LogP contribution in [0.5, 0.6) is 0 Å². The molecule has 0 radical (unpaired) electrons. The lowest BCUT2D eigenvalue weighted by Gasteiger charge is -2.43. The number of ether oxygens (including phenoxy) is 1. The molecule has 1 aromatic heterocycles. The Hall–Kier alpha value is -3.81.